The van der Waals surface area contributed by atoms with E-state index in [-0.39, 0.29) is 11.4 Å². The lowest BCUT2D eigenvalue weighted by Crippen LogP contribution is -2.07. The number of aryl methyl sites for hydroxylation is 1. The molecule has 3 heteroatoms. The van der Waals surface area contributed by atoms with Crippen LogP contribution in [0.3, 0.4) is 0 Å². The first-order valence-corrected chi connectivity index (χ1v) is 7.90. The maximum absolute atomic E-state index is 12.1. The number of hydrogen-bond donors (Lipinski definition) is 1. The van der Waals surface area contributed by atoms with Gasteiger partial charge in [-0.05, 0) is 54.9 Å². The second-order valence-electron chi connectivity index (χ2n) is 6.31. The molecule has 0 radical (unpaired) electrons. The molecule has 3 nitrogen and oxygen atoms in total. The minimum Gasteiger partial charge on any atom is -0.507 e. The summed E-state index contributed by atoms with van der Waals surface area (Å²) in [6.07, 6.45) is 5.94. The third-order valence-corrected chi connectivity index (χ3v) is 4.43. The minimum absolute atomic E-state index is 0.230. The molecule has 0 aliphatic heterocycles. The molecule has 1 aromatic carbocycles. The van der Waals surface area contributed by atoms with Crippen LogP contribution in [0.25, 0.3) is 11.0 Å². The van der Waals surface area contributed by atoms with Crippen LogP contribution < -0.4 is 5.63 Å². The molecule has 1 atom stereocenters. The van der Waals surface area contributed by atoms with Gasteiger partial charge < -0.3 is 9.52 Å². The summed E-state index contributed by atoms with van der Waals surface area (Å²) < 4.78 is 5.47. The van der Waals surface area contributed by atoms with Gasteiger partial charge in [0.1, 0.15) is 11.3 Å². The molecule has 1 heterocycles. The Morgan fingerprint density at radius 3 is 2.76 bits per heavy atom. The molecule has 2 aromatic rings. The Balaban J connectivity index is 2.09. The van der Waals surface area contributed by atoms with Gasteiger partial charge in [-0.2, -0.15) is 0 Å². The third-order valence-electron chi connectivity index (χ3n) is 4.43. The van der Waals surface area contributed by atoms with E-state index in [0.717, 1.165) is 47.8 Å². The van der Waals surface area contributed by atoms with Crippen LogP contribution in [0.5, 0.6) is 5.75 Å². The van der Waals surface area contributed by atoms with Gasteiger partial charge in [-0.1, -0.05) is 26.7 Å². The molecular weight excluding hydrogens is 264 g/mol. The van der Waals surface area contributed by atoms with E-state index in [1.165, 1.54) is 12.8 Å². The van der Waals surface area contributed by atoms with Crippen molar-refractivity contribution in [2.24, 2.45) is 5.92 Å². The number of rotatable bonds is 4. The topological polar surface area (TPSA) is 50.4 Å². The summed E-state index contributed by atoms with van der Waals surface area (Å²) >= 11 is 0. The van der Waals surface area contributed by atoms with E-state index >= 15 is 0 Å². The molecule has 1 unspecified atom stereocenters. The molecule has 0 spiro atoms. The molecule has 1 aromatic heterocycles. The first-order chi connectivity index (χ1) is 10.1. The van der Waals surface area contributed by atoms with Crippen LogP contribution in [0.2, 0.25) is 0 Å². The lowest BCUT2D eigenvalue weighted by atomic mass is 10.0. The van der Waals surface area contributed by atoms with Gasteiger partial charge in [0.15, 0.2) is 0 Å². The summed E-state index contributed by atoms with van der Waals surface area (Å²) in [5.74, 6) is 0.699. The number of unbranched alkanes of at least 4 members (excludes halogenated alkanes) is 2. The molecule has 21 heavy (non-hydrogen) atoms. The van der Waals surface area contributed by atoms with Gasteiger partial charge in [0.2, 0.25) is 0 Å². The Bertz CT molecular complexity index is 727. The van der Waals surface area contributed by atoms with Crippen LogP contribution in [0.4, 0.5) is 0 Å². The van der Waals surface area contributed by atoms with Gasteiger partial charge in [-0.25, -0.2) is 4.79 Å². The van der Waals surface area contributed by atoms with Crippen LogP contribution in [0.1, 0.15) is 49.8 Å². The predicted octanol–water partition coefficient (Wildman–Crippen LogP) is 3.97. The number of aromatic hydroxyl groups is 1. The van der Waals surface area contributed by atoms with E-state index in [1.54, 1.807) is 0 Å². The first-order valence-electron chi connectivity index (χ1n) is 7.90. The first kappa shape index (κ1) is 14.2. The van der Waals surface area contributed by atoms with Gasteiger partial charge in [-0.3, -0.25) is 0 Å². The van der Waals surface area contributed by atoms with E-state index < -0.39 is 0 Å². The fraction of sp³-hybridized carbons (Fsp3) is 0.500. The monoisotopic (exact) mass is 286 g/mol. The van der Waals surface area contributed by atoms with E-state index in [9.17, 15) is 9.90 Å². The molecule has 1 aliphatic rings. The minimum atomic E-state index is -0.230. The zero-order valence-electron chi connectivity index (χ0n) is 12.7. The predicted molar refractivity (Wildman–Crippen MR) is 83.9 cm³/mol. The van der Waals surface area contributed by atoms with Crippen molar-refractivity contribution in [2.75, 3.05) is 0 Å². The molecule has 1 N–H and O–H groups in total. The maximum atomic E-state index is 12.1. The summed E-state index contributed by atoms with van der Waals surface area (Å²) in [4.78, 5) is 12.1. The number of hydrogen-bond acceptors (Lipinski definition) is 3. The largest absolute Gasteiger partial charge is 0.507 e. The normalized spacial score (nSPS) is 17.3. The Morgan fingerprint density at radius 1 is 1.24 bits per heavy atom. The molecule has 1 aliphatic carbocycles. The van der Waals surface area contributed by atoms with Crippen LogP contribution in [0, 0.1) is 5.92 Å². The standard InChI is InChI=1S/C18H22O3/c1-3-4-5-6-12-9-15(19)17-13-7-11(2)8-14(13)18(20)21-16(17)10-12/h9-11,19H,3-8H2,1-2H3. The van der Waals surface area contributed by atoms with Crippen LogP contribution >= 0.6 is 0 Å². The van der Waals surface area contributed by atoms with Crippen molar-refractivity contribution >= 4 is 11.0 Å². The Hall–Kier alpha value is -1.77. The van der Waals surface area contributed by atoms with E-state index in [0.29, 0.717) is 11.5 Å². The third kappa shape index (κ3) is 2.57. The Labute approximate surface area is 124 Å². The van der Waals surface area contributed by atoms with Crippen LogP contribution in [0.15, 0.2) is 21.3 Å². The smallest absolute Gasteiger partial charge is 0.339 e. The molecular formula is C18H22O3. The zero-order chi connectivity index (χ0) is 15.0. The molecule has 0 saturated heterocycles. The van der Waals surface area contributed by atoms with Crippen molar-refractivity contribution < 1.29 is 9.52 Å². The van der Waals surface area contributed by atoms with Gasteiger partial charge in [0.25, 0.3) is 0 Å². The highest BCUT2D eigenvalue weighted by atomic mass is 16.4. The molecule has 0 amide bonds. The number of phenols is 1. The average molecular weight is 286 g/mol. The fourth-order valence-electron chi connectivity index (χ4n) is 3.40. The number of fused-ring (bicyclic) bond motifs is 3. The van der Waals surface area contributed by atoms with E-state index in [4.69, 9.17) is 4.42 Å². The van der Waals surface area contributed by atoms with Crippen LogP contribution in [-0.2, 0) is 19.3 Å². The lowest BCUT2D eigenvalue weighted by molar-refractivity contribution is 0.477. The number of phenolic OH excluding ortho intramolecular Hbond substituents is 1. The summed E-state index contributed by atoms with van der Waals surface area (Å²) in [6, 6.07) is 3.76. The van der Waals surface area contributed by atoms with Crippen molar-refractivity contribution in [3.8, 4) is 5.75 Å². The zero-order valence-corrected chi connectivity index (χ0v) is 12.7. The van der Waals surface area contributed by atoms with Crippen molar-refractivity contribution in [1.29, 1.82) is 0 Å². The average Bonchev–Trinajstić information content (AvgIpc) is 2.81. The Kier molecular flexibility index (Phi) is 3.75. The number of benzene rings is 1. The second-order valence-corrected chi connectivity index (χ2v) is 6.31. The quantitative estimate of drug-likeness (QED) is 0.683. The fourth-order valence-corrected chi connectivity index (χ4v) is 3.40. The van der Waals surface area contributed by atoms with Gasteiger partial charge >= 0.3 is 5.63 Å². The Morgan fingerprint density at radius 2 is 2.00 bits per heavy atom. The highest BCUT2D eigenvalue weighted by molar-refractivity contribution is 5.88. The highest BCUT2D eigenvalue weighted by Crippen LogP contribution is 2.36. The maximum Gasteiger partial charge on any atom is 0.339 e. The highest BCUT2D eigenvalue weighted by Gasteiger charge is 2.26. The molecule has 0 saturated carbocycles. The SMILES string of the molecule is CCCCCc1cc(O)c2c3c(c(=O)oc2c1)CC(C)C3. The van der Waals surface area contributed by atoms with E-state index in [1.807, 2.05) is 12.1 Å². The summed E-state index contributed by atoms with van der Waals surface area (Å²) in [6.45, 7) is 4.29. The summed E-state index contributed by atoms with van der Waals surface area (Å²) in [5.41, 5.74) is 3.10. The van der Waals surface area contributed by atoms with Crippen molar-refractivity contribution in [3.63, 3.8) is 0 Å². The molecule has 3 rings (SSSR count). The molecule has 112 valence electrons. The van der Waals surface area contributed by atoms with Crippen molar-refractivity contribution in [3.05, 3.63) is 39.2 Å². The van der Waals surface area contributed by atoms with Gasteiger partial charge in [0, 0.05) is 5.56 Å². The molecule has 0 bridgehead atoms. The second kappa shape index (κ2) is 5.55. The van der Waals surface area contributed by atoms with Gasteiger partial charge in [-0.15, -0.1) is 0 Å². The van der Waals surface area contributed by atoms with Crippen molar-refractivity contribution in [2.45, 2.75) is 52.4 Å². The van der Waals surface area contributed by atoms with Gasteiger partial charge in [0.05, 0.1) is 5.39 Å². The van der Waals surface area contributed by atoms with Crippen LogP contribution in [-0.4, -0.2) is 5.11 Å². The van der Waals surface area contributed by atoms with Crippen molar-refractivity contribution in [1.82, 2.24) is 0 Å². The molecule has 0 fully saturated rings. The lowest BCUT2D eigenvalue weighted by Gasteiger charge is -2.09. The summed E-state index contributed by atoms with van der Waals surface area (Å²) in [5, 5.41) is 11.1. The summed E-state index contributed by atoms with van der Waals surface area (Å²) in [7, 11) is 0. The van der Waals surface area contributed by atoms with E-state index in [2.05, 4.69) is 13.8 Å².